The summed E-state index contributed by atoms with van der Waals surface area (Å²) >= 11 is 1.70. The minimum Gasteiger partial charge on any atom is -0.366 e. The lowest BCUT2D eigenvalue weighted by atomic mass is 10.2. The molecule has 1 N–H and O–H groups in total. The van der Waals surface area contributed by atoms with Gasteiger partial charge in [0.05, 0.1) is 24.1 Å². The van der Waals surface area contributed by atoms with Crippen LogP contribution in [0.5, 0.6) is 0 Å². The highest BCUT2D eigenvalue weighted by atomic mass is 32.2. The average molecular weight is 403 g/mol. The van der Waals surface area contributed by atoms with Crippen LogP contribution in [0.15, 0.2) is 34.2 Å². The number of hydrogen-bond donors (Lipinski definition) is 1. The molecule has 0 bridgehead atoms. The number of thioether (sulfide) groups is 1. The van der Waals surface area contributed by atoms with Crippen molar-refractivity contribution in [2.24, 2.45) is 5.92 Å². The number of morpholine rings is 1. The maximum absolute atomic E-state index is 13.2. The van der Waals surface area contributed by atoms with Crippen LogP contribution in [0.3, 0.4) is 0 Å². The van der Waals surface area contributed by atoms with Gasteiger partial charge in [-0.05, 0) is 25.0 Å². The van der Waals surface area contributed by atoms with Crippen molar-refractivity contribution in [3.05, 3.63) is 34.6 Å². The minimum absolute atomic E-state index is 0.122. The number of hydrogen-bond acceptors (Lipinski definition) is 4. The topological polar surface area (TPSA) is 48.6 Å². The molecule has 1 saturated heterocycles. The number of para-hydroxylation sites is 1. The Bertz CT molecular complexity index is 860. The summed E-state index contributed by atoms with van der Waals surface area (Å²) in [7, 11) is 0. The van der Waals surface area contributed by atoms with Crippen molar-refractivity contribution < 1.29 is 9.64 Å². The summed E-state index contributed by atoms with van der Waals surface area (Å²) < 4.78 is 8.03. The Morgan fingerprint density at radius 2 is 2.07 bits per heavy atom. The standard InChI is InChI=1S/C22H31N3O2S/c1-16(2)13-24-11-12-27-18(14-24)15-28-22-23-20-10-6-5-9-19(20)21(26)25(22)17-7-3-4-8-17/h5-6,9-10,16-18H,3-4,7-8,11-15H2,1-2H3/p+1/t18-/m0/s1. The first-order valence-electron chi connectivity index (χ1n) is 10.7. The Hall–Kier alpha value is -1.37. The van der Waals surface area contributed by atoms with E-state index in [1.807, 2.05) is 28.8 Å². The Kier molecular flexibility index (Phi) is 6.38. The summed E-state index contributed by atoms with van der Waals surface area (Å²) in [5.41, 5.74) is 0.928. The van der Waals surface area contributed by atoms with Crippen LogP contribution in [-0.4, -0.2) is 47.6 Å². The van der Waals surface area contributed by atoms with E-state index in [4.69, 9.17) is 9.72 Å². The largest absolute Gasteiger partial charge is 0.366 e. The van der Waals surface area contributed by atoms with Gasteiger partial charge >= 0.3 is 0 Å². The van der Waals surface area contributed by atoms with Crippen LogP contribution in [0, 0.1) is 5.92 Å². The van der Waals surface area contributed by atoms with Gasteiger partial charge in [0.25, 0.3) is 5.56 Å². The molecule has 4 rings (SSSR count). The molecule has 0 radical (unpaired) electrons. The number of benzene rings is 1. The maximum atomic E-state index is 13.2. The molecule has 1 aliphatic carbocycles. The molecule has 152 valence electrons. The van der Waals surface area contributed by atoms with Gasteiger partial charge in [-0.3, -0.25) is 9.36 Å². The van der Waals surface area contributed by atoms with E-state index in [1.54, 1.807) is 16.7 Å². The molecule has 1 aliphatic heterocycles. The first-order valence-corrected chi connectivity index (χ1v) is 11.7. The molecule has 2 aliphatic rings. The van der Waals surface area contributed by atoms with Crippen molar-refractivity contribution >= 4 is 22.7 Å². The third kappa shape index (κ3) is 4.44. The summed E-state index contributed by atoms with van der Waals surface area (Å²) in [6, 6.07) is 8.04. The van der Waals surface area contributed by atoms with Crippen molar-refractivity contribution in [1.29, 1.82) is 0 Å². The monoisotopic (exact) mass is 402 g/mol. The van der Waals surface area contributed by atoms with Crippen molar-refractivity contribution in [3.8, 4) is 0 Å². The van der Waals surface area contributed by atoms with Gasteiger partial charge in [-0.25, -0.2) is 4.98 Å². The summed E-state index contributed by atoms with van der Waals surface area (Å²) in [4.78, 5) is 19.8. The van der Waals surface area contributed by atoms with Crippen LogP contribution < -0.4 is 10.5 Å². The zero-order chi connectivity index (χ0) is 19.5. The van der Waals surface area contributed by atoms with E-state index in [1.165, 1.54) is 19.4 Å². The van der Waals surface area contributed by atoms with Crippen LogP contribution in [0.4, 0.5) is 0 Å². The molecule has 2 heterocycles. The molecule has 1 aromatic carbocycles. The van der Waals surface area contributed by atoms with Crippen molar-refractivity contribution in [1.82, 2.24) is 9.55 Å². The van der Waals surface area contributed by atoms with E-state index >= 15 is 0 Å². The molecule has 2 atom stereocenters. The van der Waals surface area contributed by atoms with Crippen molar-refractivity contribution in [2.75, 3.05) is 32.0 Å². The first-order chi connectivity index (χ1) is 13.6. The van der Waals surface area contributed by atoms with Gasteiger partial charge in [-0.2, -0.15) is 0 Å². The highest BCUT2D eigenvalue weighted by molar-refractivity contribution is 7.99. The molecule has 28 heavy (non-hydrogen) atoms. The lowest BCUT2D eigenvalue weighted by molar-refractivity contribution is -0.914. The predicted molar refractivity (Wildman–Crippen MR) is 114 cm³/mol. The lowest BCUT2D eigenvalue weighted by Gasteiger charge is -2.31. The molecular weight excluding hydrogens is 370 g/mol. The highest BCUT2D eigenvalue weighted by Gasteiger charge is 2.27. The van der Waals surface area contributed by atoms with Crippen LogP contribution in [0.2, 0.25) is 0 Å². The van der Waals surface area contributed by atoms with Gasteiger partial charge in [0.1, 0.15) is 19.2 Å². The van der Waals surface area contributed by atoms with E-state index in [9.17, 15) is 4.79 Å². The molecule has 2 fully saturated rings. The van der Waals surface area contributed by atoms with E-state index in [2.05, 4.69) is 13.8 Å². The average Bonchev–Trinajstić information content (AvgIpc) is 3.20. The van der Waals surface area contributed by atoms with Crippen LogP contribution in [0.25, 0.3) is 10.9 Å². The zero-order valence-corrected chi connectivity index (χ0v) is 17.8. The summed E-state index contributed by atoms with van der Waals surface area (Å²) in [5.74, 6) is 1.56. The maximum Gasteiger partial charge on any atom is 0.262 e. The second-order valence-corrected chi connectivity index (χ2v) is 9.62. The van der Waals surface area contributed by atoms with Gasteiger partial charge in [0.15, 0.2) is 5.16 Å². The summed E-state index contributed by atoms with van der Waals surface area (Å²) in [6.45, 7) is 8.74. The number of rotatable bonds is 6. The first kappa shape index (κ1) is 19.9. The minimum atomic E-state index is 0.122. The normalized spacial score (nSPS) is 23.7. The zero-order valence-electron chi connectivity index (χ0n) is 17.0. The second-order valence-electron chi connectivity index (χ2n) is 8.63. The number of quaternary nitrogens is 1. The van der Waals surface area contributed by atoms with Gasteiger partial charge in [0.2, 0.25) is 0 Å². The quantitative estimate of drug-likeness (QED) is 0.596. The van der Waals surface area contributed by atoms with Crippen molar-refractivity contribution in [3.63, 3.8) is 0 Å². The second kappa shape index (κ2) is 8.97. The van der Waals surface area contributed by atoms with Crippen molar-refractivity contribution in [2.45, 2.75) is 56.8 Å². The van der Waals surface area contributed by atoms with E-state index in [0.717, 1.165) is 54.4 Å². The number of fused-ring (bicyclic) bond motifs is 1. The molecular formula is C22H32N3O2S+. The molecule has 6 heteroatoms. The Morgan fingerprint density at radius 3 is 2.86 bits per heavy atom. The molecule has 5 nitrogen and oxygen atoms in total. The predicted octanol–water partition coefficient (Wildman–Crippen LogP) is 2.54. The lowest BCUT2D eigenvalue weighted by Crippen LogP contribution is -3.15. The smallest absolute Gasteiger partial charge is 0.262 e. The van der Waals surface area contributed by atoms with Gasteiger partial charge in [-0.15, -0.1) is 0 Å². The Morgan fingerprint density at radius 1 is 1.29 bits per heavy atom. The number of nitrogens with zero attached hydrogens (tertiary/aromatic N) is 2. The molecule has 2 aromatic rings. The van der Waals surface area contributed by atoms with Gasteiger partial charge in [0, 0.05) is 17.7 Å². The molecule has 1 aromatic heterocycles. The van der Waals surface area contributed by atoms with Crippen LogP contribution >= 0.6 is 11.8 Å². The molecule has 0 amide bonds. The molecule has 1 saturated carbocycles. The molecule has 0 spiro atoms. The van der Waals surface area contributed by atoms with Crippen LogP contribution in [0.1, 0.15) is 45.6 Å². The van der Waals surface area contributed by atoms with E-state index < -0.39 is 0 Å². The SMILES string of the molecule is CC(C)C[NH+]1CCO[C@H](CSc2nc3ccccc3c(=O)n2C2CCCC2)C1. The highest BCUT2D eigenvalue weighted by Crippen LogP contribution is 2.32. The fraction of sp³-hybridized carbons (Fsp3) is 0.636. The fourth-order valence-corrected chi connectivity index (χ4v) is 5.68. The Balaban J connectivity index is 1.55. The third-order valence-electron chi connectivity index (χ3n) is 5.89. The number of nitrogens with one attached hydrogen (secondary N) is 1. The van der Waals surface area contributed by atoms with Crippen LogP contribution in [-0.2, 0) is 4.74 Å². The third-order valence-corrected chi connectivity index (χ3v) is 6.97. The Labute approximate surface area is 171 Å². The number of ether oxygens (including phenoxy) is 1. The summed E-state index contributed by atoms with van der Waals surface area (Å²) in [5, 5.41) is 1.61. The summed E-state index contributed by atoms with van der Waals surface area (Å²) in [6.07, 6.45) is 4.80. The number of aromatic nitrogens is 2. The molecule has 1 unspecified atom stereocenters. The fourth-order valence-electron chi connectivity index (χ4n) is 4.60. The van der Waals surface area contributed by atoms with E-state index in [-0.39, 0.29) is 11.7 Å². The van der Waals surface area contributed by atoms with Gasteiger partial charge < -0.3 is 9.64 Å². The van der Waals surface area contributed by atoms with E-state index in [0.29, 0.717) is 12.0 Å². The van der Waals surface area contributed by atoms with Gasteiger partial charge in [-0.1, -0.05) is 50.6 Å².